The van der Waals surface area contributed by atoms with E-state index in [2.05, 4.69) is 15.9 Å². The van der Waals surface area contributed by atoms with E-state index in [0.29, 0.717) is 5.69 Å². The number of fused-ring (bicyclic) bond motifs is 1. The molecule has 0 atom stereocenters. The van der Waals surface area contributed by atoms with Crippen molar-refractivity contribution in [2.45, 2.75) is 0 Å². The van der Waals surface area contributed by atoms with Gasteiger partial charge in [-0.15, -0.1) is 23.8 Å². The summed E-state index contributed by atoms with van der Waals surface area (Å²) in [6.07, 6.45) is 0. The molecule has 3 aromatic rings. The molecule has 0 amide bonds. The summed E-state index contributed by atoms with van der Waals surface area (Å²) in [4.78, 5) is 8.01. The second-order valence-electron chi connectivity index (χ2n) is 3.96. The number of hydrogen-bond acceptors (Lipinski definition) is 1. The SMILES string of the molecule is [C-]#[N+]c1cc[c-]c(-c2ccc3ccccc3n2)c1.[Ir]. The van der Waals surface area contributed by atoms with E-state index in [1.165, 1.54) is 0 Å². The molecule has 3 rings (SSSR count). The van der Waals surface area contributed by atoms with Gasteiger partial charge in [0.2, 0.25) is 0 Å². The van der Waals surface area contributed by atoms with Crippen molar-refractivity contribution >= 4 is 16.6 Å². The second-order valence-corrected chi connectivity index (χ2v) is 3.96. The van der Waals surface area contributed by atoms with Crippen molar-refractivity contribution in [3.05, 3.63) is 72.1 Å². The van der Waals surface area contributed by atoms with Crippen LogP contribution in [0, 0.1) is 12.6 Å². The molecule has 19 heavy (non-hydrogen) atoms. The van der Waals surface area contributed by atoms with Crippen LogP contribution in [-0.2, 0) is 20.1 Å². The van der Waals surface area contributed by atoms with Crippen molar-refractivity contribution in [1.29, 1.82) is 0 Å². The topological polar surface area (TPSA) is 17.2 Å². The Morgan fingerprint density at radius 2 is 1.89 bits per heavy atom. The van der Waals surface area contributed by atoms with Gasteiger partial charge in [0.05, 0.1) is 12.1 Å². The van der Waals surface area contributed by atoms with E-state index in [0.717, 1.165) is 22.2 Å². The van der Waals surface area contributed by atoms with Gasteiger partial charge in [-0.1, -0.05) is 30.3 Å². The summed E-state index contributed by atoms with van der Waals surface area (Å²) in [5.41, 5.74) is 3.27. The molecule has 0 aliphatic heterocycles. The van der Waals surface area contributed by atoms with Crippen LogP contribution in [0.2, 0.25) is 0 Å². The van der Waals surface area contributed by atoms with Crippen LogP contribution in [0.3, 0.4) is 0 Å². The molecule has 2 aromatic carbocycles. The summed E-state index contributed by atoms with van der Waals surface area (Å²) in [6, 6.07) is 20.4. The minimum Gasteiger partial charge on any atom is -0.296 e. The molecule has 1 radical (unpaired) electrons. The first-order valence-electron chi connectivity index (χ1n) is 5.62. The Morgan fingerprint density at radius 3 is 2.74 bits per heavy atom. The Morgan fingerprint density at radius 1 is 1.05 bits per heavy atom. The Bertz CT molecular complexity index is 760. The standard InChI is InChI=1S/C16H9N2.Ir/c1-17-14-7-4-6-13(11-14)16-10-9-12-5-2-3-8-15(12)18-16;/h2-5,7-11H;/q-1;. The Kier molecular flexibility index (Phi) is 4.06. The Balaban J connectivity index is 0.00000133. The molecule has 1 aromatic heterocycles. The smallest absolute Gasteiger partial charge is 0.108 e. The maximum Gasteiger partial charge on any atom is 0.108 e. The van der Waals surface area contributed by atoms with Crippen LogP contribution in [0.25, 0.3) is 27.0 Å². The van der Waals surface area contributed by atoms with Gasteiger partial charge in [-0.2, -0.15) is 6.07 Å². The van der Waals surface area contributed by atoms with E-state index >= 15 is 0 Å². The molecule has 2 nitrogen and oxygen atoms in total. The van der Waals surface area contributed by atoms with Gasteiger partial charge in [-0.3, -0.25) is 9.83 Å². The summed E-state index contributed by atoms with van der Waals surface area (Å²) in [6.45, 7) is 7.02. The van der Waals surface area contributed by atoms with Crippen molar-refractivity contribution in [3.63, 3.8) is 0 Å². The molecule has 0 spiro atoms. The van der Waals surface area contributed by atoms with E-state index in [9.17, 15) is 0 Å². The summed E-state index contributed by atoms with van der Waals surface area (Å²) in [7, 11) is 0. The van der Waals surface area contributed by atoms with E-state index in [1.54, 1.807) is 12.1 Å². The van der Waals surface area contributed by atoms with Gasteiger partial charge in [0.25, 0.3) is 0 Å². The van der Waals surface area contributed by atoms with Gasteiger partial charge < -0.3 is 0 Å². The molecule has 93 valence electrons. The van der Waals surface area contributed by atoms with Crippen LogP contribution < -0.4 is 0 Å². The average Bonchev–Trinajstić information content (AvgIpc) is 2.47. The number of hydrogen-bond donors (Lipinski definition) is 0. The van der Waals surface area contributed by atoms with Gasteiger partial charge in [-0.05, 0) is 17.1 Å². The van der Waals surface area contributed by atoms with E-state index in [4.69, 9.17) is 6.57 Å². The molecule has 0 N–H and O–H groups in total. The molecule has 0 aliphatic rings. The minimum absolute atomic E-state index is 0. The van der Waals surface area contributed by atoms with Crippen LogP contribution in [0.15, 0.2) is 54.6 Å². The zero-order chi connectivity index (χ0) is 12.4. The van der Waals surface area contributed by atoms with E-state index < -0.39 is 0 Å². The number of rotatable bonds is 1. The third-order valence-electron chi connectivity index (χ3n) is 2.79. The summed E-state index contributed by atoms with van der Waals surface area (Å²) in [5.74, 6) is 0. The van der Waals surface area contributed by atoms with Gasteiger partial charge in [0.15, 0.2) is 0 Å². The molecule has 0 bridgehead atoms. The minimum atomic E-state index is 0. The van der Waals surface area contributed by atoms with Crippen molar-refractivity contribution in [2.24, 2.45) is 0 Å². The second kappa shape index (κ2) is 5.75. The maximum atomic E-state index is 7.02. The van der Waals surface area contributed by atoms with Crippen molar-refractivity contribution in [3.8, 4) is 11.3 Å². The number of nitrogens with zero attached hydrogens (tertiary/aromatic N) is 2. The molecule has 0 saturated carbocycles. The summed E-state index contributed by atoms with van der Waals surface area (Å²) in [5, 5.41) is 1.11. The first kappa shape index (κ1) is 13.4. The predicted molar refractivity (Wildman–Crippen MR) is 72.3 cm³/mol. The fraction of sp³-hybridized carbons (Fsp3) is 0. The third-order valence-corrected chi connectivity index (χ3v) is 2.79. The largest absolute Gasteiger partial charge is 0.296 e. The molecule has 3 heteroatoms. The van der Waals surface area contributed by atoms with Crippen LogP contribution in [-0.4, -0.2) is 4.98 Å². The first-order valence-corrected chi connectivity index (χ1v) is 5.62. The van der Waals surface area contributed by atoms with Crippen LogP contribution in [0.5, 0.6) is 0 Å². The fourth-order valence-electron chi connectivity index (χ4n) is 1.89. The molecule has 0 saturated heterocycles. The maximum absolute atomic E-state index is 7.02. The Hall–Kier alpha value is -2.01. The van der Waals surface area contributed by atoms with Crippen molar-refractivity contribution in [1.82, 2.24) is 4.98 Å². The first-order chi connectivity index (χ1) is 8.86. The van der Waals surface area contributed by atoms with Gasteiger partial charge in [0, 0.05) is 20.1 Å². The number of aromatic nitrogens is 1. The monoisotopic (exact) mass is 422 g/mol. The van der Waals surface area contributed by atoms with Gasteiger partial charge >= 0.3 is 0 Å². The molecule has 1 heterocycles. The zero-order valence-electron chi connectivity index (χ0n) is 9.92. The van der Waals surface area contributed by atoms with Gasteiger partial charge in [0.1, 0.15) is 5.69 Å². The van der Waals surface area contributed by atoms with E-state index in [-0.39, 0.29) is 20.1 Å². The summed E-state index contributed by atoms with van der Waals surface area (Å²) >= 11 is 0. The Labute approximate surface area is 125 Å². The normalized spacial score (nSPS) is 9.63. The quantitative estimate of drug-likeness (QED) is 0.537. The molecular formula is C16H9IrN2-. The molecule has 0 unspecified atom stereocenters. The van der Waals surface area contributed by atoms with Crippen LogP contribution >= 0.6 is 0 Å². The number of pyridine rings is 1. The molecule has 0 fully saturated rings. The third kappa shape index (κ3) is 2.71. The zero-order valence-corrected chi connectivity index (χ0v) is 12.3. The number of para-hydroxylation sites is 1. The predicted octanol–water partition coefficient (Wildman–Crippen LogP) is 4.25. The average molecular weight is 421 g/mol. The molecular weight excluding hydrogens is 412 g/mol. The summed E-state index contributed by atoms with van der Waals surface area (Å²) < 4.78 is 0. The number of benzene rings is 2. The van der Waals surface area contributed by atoms with Crippen LogP contribution in [0.1, 0.15) is 0 Å². The van der Waals surface area contributed by atoms with Crippen molar-refractivity contribution in [2.75, 3.05) is 0 Å². The van der Waals surface area contributed by atoms with Crippen LogP contribution in [0.4, 0.5) is 5.69 Å². The van der Waals surface area contributed by atoms with E-state index in [1.807, 2.05) is 42.5 Å². The molecule has 0 aliphatic carbocycles. The van der Waals surface area contributed by atoms with Crippen molar-refractivity contribution < 1.29 is 20.1 Å². The van der Waals surface area contributed by atoms with Gasteiger partial charge in [-0.25, -0.2) is 0 Å². The fourth-order valence-corrected chi connectivity index (χ4v) is 1.89.